The molecule has 8 rings (SSSR count). The molecule has 364 valence electrons. The fourth-order valence-electron chi connectivity index (χ4n) is 9.49. The monoisotopic (exact) mass is 954 g/mol. The first kappa shape index (κ1) is 49.3. The number of pyridine rings is 1. The van der Waals surface area contributed by atoms with Crippen molar-refractivity contribution in [2.45, 2.75) is 141 Å². The molecule has 2 atom stereocenters. The number of aromatic nitrogens is 4. The van der Waals surface area contributed by atoms with E-state index < -0.39 is 25.8 Å². The highest BCUT2D eigenvalue weighted by Crippen LogP contribution is 2.36. The van der Waals surface area contributed by atoms with E-state index in [0.717, 1.165) is 104 Å². The summed E-state index contributed by atoms with van der Waals surface area (Å²) in [5.74, 6) is 5.81. The maximum absolute atomic E-state index is 13.6. The molecule has 4 amide bonds. The first-order chi connectivity index (χ1) is 33.0. The van der Waals surface area contributed by atoms with Crippen LogP contribution < -0.4 is 5.32 Å². The summed E-state index contributed by atoms with van der Waals surface area (Å²) in [5.41, 5.74) is 4.45. The number of anilines is 1. The van der Waals surface area contributed by atoms with E-state index in [1.165, 1.54) is 4.90 Å². The summed E-state index contributed by atoms with van der Waals surface area (Å²) in [7, 11) is 0.745. The van der Waals surface area contributed by atoms with Gasteiger partial charge in [0.25, 0.3) is 17.7 Å². The van der Waals surface area contributed by atoms with Gasteiger partial charge in [-0.3, -0.25) is 33.7 Å². The van der Waals surface area contributed by atoms with Gasteiger partial charge in [0.2, 0.25) is 5.91 Å². The van der Waals surface area contributed by atoms with Crippen molar-refractivity contribution in [2.75, 3.05) is 32.2 Å². The minimum atomic E-state index is -1.32. The van der Waals surface area contributed by atoms with E-state index in [-0.39, 0.29) is 42.8 Å². The molecule has 0 saturated carbocycles. The second kappa shape index (κ2) is 20.8. The van der Waals surface area contributed by atoms with E-state index in [2.05, 4.69) is 58.8 Å². The zero-order valence-electron chi connectivity index (χ0n) is 41.2. The zero-order chi connectivity index (χ0) is 49.0. The van der Waals surface area contributed by atoms with Gasteiger partial charge in [-0.05, 0) is 114 Å². The number of imide groups is 1. The second-order valence-electron chi connectivity index (χ2n) is 20.9. The Kier molecular flexibility index (Phi) is 14.9. The van der Waals surface area contributed by atoms with Crippen LogP contribution in [-0.4, -0.2) is 110 Å². The maximum atomic E-state index is 13.6. The van der Waals surface area contributed by atoms with Crippen molar-refractivity contribution in [1.82, 2.24) is 34.0 Å². The normalized spacial score (nSPS) is 17.8. The summed E-state index contributed by atoms with van der Waals surface area (Å²) in [4.78, 5) is 76.5. The highest BCUT2D eigenvalue weighted by atomic mass is 28.3. The number of aryl methyl sites for hydroxylation is 1. The Morgan fingerprint density at radius 1 is 0.913 bits per heavy atom. The highest BCUT2D eigenvalue weighted by molar-refractivity contribution is 6.76. The molecule has 2 aromatic carbocycles. The predicted octanol–water partition coefficient (Wildman–Crippen LogP) is 9.37. The number of hydrogen-bond donors (Lipinski definition) is 1. The summed E-state index contributed by atoms with van der Waals surface area (Å²) < 4.78 is 15.2. The summed E-state index contributed by atoms with van der Waals surface area (Å²) in [6.07, 6.45) is 11.3. The number of likely N-dealkylation sites (tertiary alicyclic amines) is 2. The first-order valence-corrected chi connectivity index (χ1v) is 28.2. The molecule has 2 saturated heterocycles. The number of carbonyl (C=O) groups excluding carboxylic acids is 5. The van der Waals surface area contributed by atoms with Crippen LogP contribution in [0.3, 0.4) is 0 Å². The Hall–Kier alpha value is -6.15. The van der Waals surface area contributed by atoms with Gasteiger partial charge in [0.05, 0.1) is 23.3 Å². The van der Waals surface area contributed by atoms with E-state index in [0.29, 0.717) is 42.0 Å². The van der Waals surface area contributed by atoms with Gasteiger partial charge in [-0.1, -0.05) is 56.8 Å². The number of nitrogens with one attached hydrogen (secondary N) is 1. The van der Waals surface area contributed by atoms with Gasteiger partial charge in [-0.25, -0.2) is 14.3 Å². The second-order valence-corrected chi connectivity index (χ2v) is 26.5. The van der Waals surface area contributed by atoms with Crippen LogP contribution in [0.4, 0.5) is 10.6 Å². The lowest BCUT2D eigenvalue weighted by atomic mass is 10.0. The smallest absolute Gasteiger partial charge is 0.419 e. The molecule has 15 nitrogen and oxygen atoms in total. The molecule has 3 aliphatic heterocycles. The van der Waals surface area contributed by atoms with Crippen molar-refractivity contribution in [3.8, 4) is 11.8 Å². The topological polar surface area (TPSA) is 161 Å². The van der Waals surface area contributed by atoms with E-state index in [1.54, 1.807) is 40.1 Å². The van der Waals surface area contributed by atoms with Crippen LogP contribution in [0, 0.1) is 11.8 Å². The fraction of sp³-hybridized carbons (Fsp3) is 0.491. The standard InChI is InChI=1S/C53H66N8O7Si/c1-53(2,3)68-52(66)61-45-31-47(54-32-39(45)30-46(61)43-20-16-25-57(43)4)56-49(63)37-21-22-42-38(29-37)33-55-60(42)26-14-12-10-8-9-11-13-17-36-18-15-19-40-41(36)34-58(50(40)64)44-23-24-48(62)59(51(44)65)35-67-27-28-69(5,6)7/h15,18-19,21-22,29-33,43-44H,8-12,14,16,20,23-28,34-35H2,1-7H3,(H,54,56,63)/t43-,44?/m1/s1. The largest absolute Gasteiger partial charge is 0.443 e. The third kappa shape index (κ3) is 11.5. The molecule has 0 spiro atoms. The van der Waals surface area contributed by atoms with Gasteiger partial charge in [0.1, 0.15) is 24.2 Å². The Balaban J connectivity index is 0.795. The molecule has 5 aromatic rings. The van der Waals surface area contributed by atoms with Crippen LogP contribution in [0.15, 0.2) is 60.9 Å². The van der Waals surface area contributed by atoms with E-state index in [1.807, 2.05) is 55.8 Å². The van der Waals surface area contributed by atoms with Crippen molar-refractivity contribution in [3.05, 3.63) is 88.9 Å². The van der Waals surface area contributed by atoms with E-state index in [9.17, 15) is 24.0 Å². The van der Waals surface area contributed by atoms with Crippen molar-refractivity contribution in [2.24, 2.45) is 0 Å². The molecular formula is C53H66N8O7Si. The minimum Gasteiger partial charge on any atom is -0.443 e. The lowest BCUT2D eigenvalue weighted by Crippen LogP contribution is -2.55. The molecule has 16 heteroatoms. The number of hydrogen-bond acceptors (Lipinski definition) is 10. The number of unbranched alkanes of at least 4 members (excludes halogenated alkanes) is 5. The Bertz CT molecular complexity index is 2830. The van der Waals surface area contributed by atoms with Crippen molar-refractivity contribution < 1.29 is 33.4 Å². The average Bonchev–Trinajstić information content (AvgIpc) is 4.08. The Morgan fingerprint density at radius 2 is 1.70 bits per heavy atom. The molecule has 1 unspecified atom stereocenters. The lowest BCUT2D eigenvalue weighted by Gasteiger charge is -2.35. The van der Waals surface area contributed by atoms with Gasteiger partial charge in [0.15, 0.2) is 0 Å². The van der Waals surface area contributed by atoms with Gasteiger partial charge in [-0.2, -0.15) is 5.10 Å². The van der Waals surface area contributed by atoms with E-state index in [4.69, 9.17) is 9.47 Å². The number of fused-ring (bicyclic) bond motifs is 3. The van der Waals surface area contributed by atoms with E-state index >= 15 is 0 Å². The minimum absolute atomic E-state index is 0.0715. The molecule has 6 heterocycles. The maximum Gasteiger partial charge on any atom is 0.419 e. The molecular weight excluding hydrogens is 889 g/mol. The highest BCUT2D eigenvalue weighted by Gasteiger charge is 2.43. The summed E-state index contributed by atoms with van der Waals surface area (Å²) in [6.45, 7) is 14.7. The van der Waals surface area contributed by atoms with Gasteiger partial charge in [0, 0.05) is 86.0 Å². The molecule has 2 fully saturated rings. The van der Waals surface area contributed by atoms with Crippen LogP contribution >= 0.6 is 0 Å². The average molecular weight is 955 g/mol. The molecule has 69 heavy (non-hydrogen) atoms. The lowest BCUT2D eigenvalue weighted by molar-refractivity contribution is -0.158. The van der Waals surface area contributed by atoms with Gasteiger partial charge in [-0.15, -0.1) is 0 Å². The molecule has 1 N–H and O–H groups in total. The summed E-state index contributed by atoms with van der Waals surface area (Å²) in [6, 6.07) is 15.2. The SMILES string of the molecule is CN1CCC[C@@H]1c1cc2cnc(NC(=O)c3ccc4c(cnn4CCCCCCCC#Cc4cccc5c4CN(C4CCC(=O)N(COCC[Si](C)(C)C)C4=O)C5=O)c3)cc2n1C(=O)OC(C)(C)C. The molecule has 0 aliphatic carbocycles. The van der Waals surface area contributed by atoms with Gasteiger partial charge < -0.3 is 19.7 Å². The van der Waals surface area contributed by atoms with Crippen LogP contribution in [0.5, 0.6) is 0 Å². The molecule has 0 radical (unpaired) electrons. The van der Waals surface area contributed by atoms with Gasteiger partial charge >= 0.3 is 6.09 Å². The third-order valence-corrected chi connectivity index (χ3v) is 15.0. The number of nitrogens with zero attached hydrogens (tertiary/aromatic N) is 7. The third-order valence-electron chi connectivity index (χ3n) is 13.3. The molecule has 0 bridgehead atoms. The van der Waals surface area contributed by atoms with Crippen LogP contribution in [0.25, 0.3) is 21.8 Å². The van der Waals surface area contributed by atoms with Crippen molar-refractivity contribution >= 4 is 65.4 Å². The number of amides is 4. The van der Waals surface area contributed by atoms with Crippen LogP contribution in [-0.2, 0) is 32.2 Å². The quantitative estimate of drug-likeness (QED) is 0.0437. The number of carbonyl (C=O) groups is 5. The molecule has 3 aliphatic rings. The van der Waals surface area contributed by atoms with Crippen molar-refractivity contribution in [3.63, 3.8) is 0 Å². The Morgan fingerprint density at radius 3 is 2.46 bits per heavy atom. The van der Waals surface area contributed by atoms with Crippen LogP contribution in [0.1, 0.15) is 129 Å². The number of piperidine rings is 1. The Labute approximate surface area is 405 Å². The molecule has 3 aromatic heterocycles. The van der Waals surface area contributed by atoms with Crippen molar-refractivity contribution in [1.29, 1.82) is 0 Å². The first-order valence-electron chi connectivity index (χ1n) is 24.5. The predicted molar refractivity (Wildman–Crippen MR) is 268 cm³/mol. The fourth-order valence-corrected chi connectivity index (χ4v) is 10.3. The number of benzene rings is 2. The number of ether oxygens (including phenoxy) is 2. The number of rotatable bonds is 16. The van der Waals surface area contributed by atoms with Crippen LogP contribution in [0.2, 0.25) is 25.7 Å². The summed E-state index contributed by atoms with van der Waals surface area (Å²) >= 11 is 0. The zero-order valence-corrected chi connectivity index (χ0v) is 42.2. The summed E-state index contributed by atoms with van der Waals surface area (Å²) in [5, 5.41) is 9.23.